The van der Waals surface area contributed by atoms with Crippen LogP contribution in [0.3, 0.4) is 0 Å². The van der Waals surface area contributed by atoms with E-state index in [1.165, 1.54) is 10.9 Å². The molecular formula is C12H11ClN2O3. The first-order chi connectivity index (χ1) is 8.63. The van der Waals surface area contributed by atoms with E-state index in [1.807, 2.05) is 12.1 Å². The van der Waals surface area contributed by atoms with Gasteiger partial charge in [-0.25, -0.2) is 0 Å². The molecule has 18 heavy (non-hydrogen) atoms. The number of carboxylic acids is 1. The van der Waals surface area contributed by atoms with Gasteiger partial charge in [0.2, 0.25) is 0 Å². The van der Waals surface area contributed by atoms with Gasteiger partial charge in [0.15, 0.2) is 5.75 Å². The lowest BCUT2D eigenvalue weighted by atomic mass is 10.2. The molecule has 1 heterocycles. The third-order valence-electron chi connectivity index (χ3n) is 2.23. The molecule has 0 aliphatic carbocycles. The van der Waals surface area contributed by atoms with Crippen LogP contribution in [0.4, 0.5) is 0 Å². The van der Waals surface area contributed by atoms with Crippen molar-refractivity contribution in [2.45, 2.75) is 13.2 Å². The lowest BCUT2D eigenvalue weighted by molar-refractivity contribution is -0.137. The van der Waals surface area contributed by atoms with Gasteiger partial charge in [0, 0.05) is 5.02 Å². The molecule has 0 aliphatic rings. The topological polar surface area (TPSA) is 64.3 Å². The lowest BCUT2D eigenvalue weighted by Crippen LogP contribution is -2.08. The Morgan fingerprint density at radius 3 is 2.78 bits per heavy atom. The Hall–Kier alpha value is -2.01. The molecule has 1 aromatic heterocycles. The summed E-state index contributed by atoms with van der Waals surface area (Å²) >= 11 is 5.77. The van der Waals surface area contributed by atoms with E-state index in [4.69, 9.17) is 21.4 Å². The van der Waals surface area contributed by atoms with Gasteiger partial charge < -0.3 is 9.84 Å². The quantitative estimate of drug-likeness (QED) is 0.901. The van der Waals surface area contributed by atoms with Crippen molar-refractivity contribution < 1.29 is 14.6 Å². The second-order valence-corrected chi connectivity index (χ2v) is 4.12. The molecule has 0 atom stereocenters. The maximum Gasteiger partial charge on any atom is 0.325 e. The van der Waals surface area contributed by atoms with Gasteiger partial charge >= 0.3 is 5.97 Å². The molecule has 1 N–H and O–H groups in total. The fraction of sp³-hybridized carbons (Fsp3) is 0.167. The monoisotopic (exact) mass is 266 g/mol. The number of carbonyl (C=O) groups is 1. The first kappa shape index (κ1) is 12.4. The van der Waals surface area contributed by atoms with Crippen LogP contribution >= 0.6 is 11.6 Å². The van der Waals surface area contributed by atoms with Crippen molar-refractivity contribution in [2.24, 2.45) is 0 Å². The minimum absolute atomic E-state index is 0.176. The van der Waals surface area contributed by atoms with E-state index in [2.05, 4.69) is 5.10 Å². The molecule has 6 heteroatoms. The fourth-order valence-electron chi connectivity index (χ4n) is 1.39. The molecule has 0 fully saturated rings. The average molecular weight is 267 g/mol. The number of hydrogen-bond acceptors (Lipinski definition) is 3. The van der Waals surface area contributed by atoms with Crippen LogP contribution in [0.5, 0.6) is 5.75 Å². The lowest BCUT2D eigenvalue weighted by Gasteiger charge is -2.03. The van der Waals surface area contributed by atoms with E-state index in [0.29, 0.717) is 17.4 Å². The fourth-order valence-corrected chi connectivity index (χ4v) is 1.52. The van der Waals surface area contributed by atoms with Gasteiger partial charge in [0.25, 0.3) is 0 Å². The van der Waals surface area contributed by atoms with Gasteiger partial charge in [-0.15, -0.1) is 0 Å². The second-order valence-electron chi connectivity index (χ2n) is 3.68. The number of halogens is 1. The second kappa shape index (κ2) is 5.55. The van der Waals surface area contributed by atoms with Crippen LogP contribution in [0.15, 0.2) is 36.7 Å². The summed E-state index contributed by atoms with van der Waals surface area (Å²) in [7, 11) is 0. The zero-order valence-corrected chi connectivity index (χ0v) is 10.2. The summed E-state index contributed by atoms with van der Waals surface area (Å²) in [5.74, 6) is -0.409. The van der Waals surface area contributed by atoms with E-state index >= 15 is 0 Å². The number of nitrogens with zero attached hydrogens (tertiary/aromatic N) is 2. The smallest absolute Gasteiger partial charge is 0.325 e. The number of rotatable bonds is 5. The van der Waals surface area contributed by atoms with Crippen molar-refractivity contribution in [1.82, 2.24) is 9.78 Å². The van der Waals surface area contributed by atoms with Crippen LogP contribution in [0.2, 0.25) is 5.02 Å². The summed E-state index contributed by atoms with van der Waals surface area (Å²) in [6, 6.07) is 7.30. The van der Waals surface area contributed by atoms with Gasteiger partial charge in [0.05, 0.1) is 12.4 Å². The van der Waals surface area contributed by atoms with Crippen LogP contribution in [0, 0.1) is 0 Å². The predicted octanol–water partition coefficient (Wildman–Crippen LogP) is 2.20. The first-order valence-corrected chi connectivity index (χ1v) is 5.63. The summed E-state index contributed by atoms with van der Waals surface area (Å²) in [4.78, 5) is 10.5. The summed E-state index contributed by atoms with van der Waals surface area (Å²) in [5, 5.41) is 13.1. The molecule has 0 spiro atoms. The van der Waals surface area contributed by atoms with Crippen molar-refractivity contribution in [3.05, 3.63) is 47.2 Å². The Labute approximate surface area is 109 Å². The van der Waals surface area contributed by atoms with Gasteiger partial charge in [0.1, 0.15) is 13.2 Å². The van der Waals surface area contributed by atoms with Crippen LogP contribution < -0.4 is 4.74 Å². The van der Waals surface area contributed by atoms with Crippen LogP contribution in [-0.2, 0) is 17.9 Å². The van der Waals surface area contributed by atoms with E-state index < -0.39 is 5.97 Å². The number of hydrogen-bond donors (Lipinski definition) is 1. The highest BCUT2D eigenvalue weighted by molar-refractivity contribution is 6.30. The number of benzene rings is 1. The zero-order chi connectivity index (χ0) is 13.0. The zero-order valence-electron chi connectivity index (χ0n) is 9.41. The third kappa shape index (κ3) is 3.49. The minimum atomic E-state index is -0.942. The highest BCUT2D eigenvalue weighted by Crippen LogP contribution is 2.13. The molecule has 0 saturated heterocycles. The average Bonchev–Trinajstić information content (AvgIpc) is 2.75. The van der Waals surface area contributed by atoms with Gasteiger partial charge in [-0.05, 0) is 17.7 Å². The Morgan fingerprint density at radius 1 is 1.39 bits per heavy atom. The maximum atomic E-state index is 10.5. The number of carboxylic acid groups (broad SMARTS) is 1. The van der Waals surface area contributed by atoms with Crippen molar-refractivity contribution >= 4 is 17.6 Å². The van der Waals surface area contributed by atoms with Gasteiger partial charge in [-0.3, -0.25) is 9.48 Å². The molecule has 0 radical (unpaired) electrons. The van der Waals surface area contributed by atoms with E-state index in [9.17, 15) is 4.79 Å². The Morgan fingerprint density at radius 2 is 2.11 bits per heavy atom. The number of aliphatic carboxylic acids is 1. The molecule has 94 valence electrons. The molecule has 0 saturated carbocycles. The predicted molar refractivity (Wildman–Crippen MR) is 65.6 cm³/mol. The molecule has 1 aromatic carbocycles. The van der Waals surface area contributed by atoms with E-state index in [-0.39, 0.29) is 6.54 Å². The largest absolute Gasteiger partial charge is 0.486 e. The number of ether oxygens (including phenoxy) is 1. The number of aromatic nitrogens is 2. The molecule has 0 amide bonds. The Bertz CT molecular complexity index is 537. The summed E-state index contributed by atoms with van der Waals surface area (Å²) in [5.41, 5.74) is 0.977. The maximum absolute atomic E-state index is 10.5. The van der Waals surface area contributed by atoms with Crippen molar-refractivity contribution in [1.29, 1.82) is 0 Å². The highest BCUT2D eigenvalue weighted by atomic mass is 35.5. The highest BCUT2D eigenvalue weighted by Gasteiger charge is 2.03. The summed E-state index contributed by atoms with van der Waals surface area (Å²) in [6.45, 7) is 0.209. The third-order valence-corrected chi connectivity index (χ3v) is 2.48. The van der Waals surface area contributed by atoms with Crippen molar-refractivity contribution in [3.8, 4) is 5.75 Å². The standard InChI is InChI=1S/C12H11ClN2O3/c13-10-3-1-9(2-4-10)8-18-11-5-14-15(6-11)7-12(16)17/h1-6H,7-8H2,(H,16,17). The molecule has 2 rings (SSSR count). The normalized spacial score (nSPS) is 10.3. The van der Waals surface area contributed by atoms with Gasteiger partial charge in [-0.1, -0.05) is 23.7 Å². The first-order valence-electron chi connectivity index (χ1n) is 5.25. The SMILES string of the molecule is O=C(O)Cn1cc(OCc2ccc(Cl)cc2)cn1. The summed E-state index contributed by atoms with van der Waals surface area (Å²) in [6.07, 6.45) is 3.03. The Balaban J connectivity index is 1.92. The van der Waals surface area contributed by atoms with Gasteiger partial charge in [-0.2, -0.15) is 5.10 Å². The van der Waals surface area contributed by atoms with Crippen LogP contribution in [0.25, 0.3) is 0 Å². The Kier molecular flexibility index (Phi) is 3.84. The van der Waals surface area contributed by atoms with Crippen molar-refractivity contribution in [3.63, 3.8) is 0 Å². The van der Waals surface area contributed by atoms with E-state index in [0.717, 1.165) is 5.56 Å². The summed E-state index contributed by atoms with van der Waals surface area (Å²) < 4.78 is 6.78. The van der Waals surface area contributed by atoms with Crippen LogP contribution in [0.1, 0.15) is 5.56 Å². The minimum Gasteiger partial charge on any atom is -0.486 e. The molecule has 5 nitrogen and oxygen atoms in total. The van der Waals surface area contributed by atoms with Crippen LogP contribution in [-0.4, -0.2) is 20.9 Å². The molecule has 0 aliphatic heterocycles. The molecule has 0 unspecified atom stereocenters. The van der Waals surface area contributed by atoms with Crippen molar-refractivity contribution in [2.75, 3.05) is 0 Å². The molecule has 0 bridgehead atoms. The molecule has 2 aromatic rings. The van der Waals surface area contributed by atoms with E-state index in [1.54, 1.807) is 18.3 Å². The molecular weight excluding hydrogens is 256 g/mol.